The molecule has 0 aliphatic rings. The summed E-state index contributed by atoms with van der Waals surface area (Å²) in [6.07, 6.45) is 92.0. The van der Waals surface area contributed by atoms with Gasteiger partial charge in [0.1, 0.15) is 13.2 Å². The Labute approximate surface area is 536 Å². The van der Waals surface area contributed by atoms with Gasteiger partial charge in [0.25, 0.3) is 0 Å². The summed E-state index contributed by atoms with van der Waals surface area (Å²) in [6, 6.07) is 0. The van der Waals surface area contributed by atoms with Crippen LogP contribution >= 0.6 is 0 Å². The molecule has 0 aliphatic carbocycles. The number of quaternary nitrogens is 1. The number of hydrogen-bond donors (Lipinski definition) is 0. The summed E-state index contributed by atoms with van der Waals surface area (Å²) in [5.74, 6) is -2.34. The number of aliphatic carboxylic acids is 1. The highest BCUT2D eigenvalue weighted by atomic mass is 16.7. The SMILES string of the molecule is CC/C=C\C/C=C\C/C=C\C/C=C\C/C=C\C/C=C\C/C=C\C/C=C\CCCCC(=O)OC(COC(=O)CCCCCCCCCCCCCCCCCCCCCCCCC/C=C\CCCCCCCCCC)COC(OCC[N+](C)(C)C)C(=O)[O-]. The molecule has 0 bridgehead atoms. The summed E-state index contributed by atoms with van der Waals surface area (Å²) in [5, 5.41) is 11.8. The second kappa shape index (κ2) is 67.9. The Bertz CT molecular complexity index is 1800. The highest BCUT2D eigenvalue weighted by Gasteiger charge is 2.22. The van der Waals surface area contributed by atoms with Gasteiger partial charge < -0.3 is 33.3 Å². The molecule has 0 radical (unpaired) electrons. The van der Waals surface area contributed by atoms with Crippen molar-refractivity contribution in [2.45, 2.75) is 322 Å². The van der Waals surface area contributed by atoms with Gasteiger partial charge in [-0.05, 0) is 103 Å². The van der Waals surface area contributed by atoms with E-state index in [9.17, 15) is 19.5 Å². The van der Waals surface area contributed by atoms with Gasteiger partial charge in [-0.3, -0.25) is 9.59 Å². The van der Waals surface area contributed by atoms with Gasteiger partial charge in [0, 0.05) is 12.8 Å². The zero-order valence-electron chi connectivity index (χ0n) is 57.1. The number of unbranched alkanes of at least 4 members (excludes halogenated alkanes) is 33. The Hall–Kier alpha value is -4.05. The van der Waals surface area contributed by atoms with Crippen molar-refractivity contribution in [1.82, 2.24) is 0 Å². The average molecular weight is 1210 g/mol. The van der Waals surface area contributed by atoms with E-state index in [1.165, 1.54) is 193 Å². The van der Waals surface area contributed by atoms with Crippen LogP contribution in [0.15, 0.2) is 109 Å². The number of carboxylic acids is 1. The van der Waals surface area contributed by atoms with Crippen LogP contribution in [0.4, 0.5) is 0 Å². The lowest BCUT2D eigenvalue weighted by molar-refractivity contribution is -0.870. The largest absolute Gasteiger partial charge is 0.545 e. The molecule has 87 heavy (non-hydrogen) atoms. The second-order valence-electron chi connectivity index (χ2n) is 25.1. The van der Waals surface area contributed by atoms with Gasteiger partial charge >= 0.3 is 11.9 Å². The monoisotopic (exact) mass is 1210 g/mol. The van der Waals surface area contributed by atoms with Gasteiger partial charge in [0.15, 0.2) is 12.4 Å². The van der Waals surface area contributed by atoms with Crippen LogP contribution in [0.3, 0.4) is 0 Å². The Kier molecular flexibility index (Phi) is 64.7. The lowest BCUT2D eigenvalue weighted by atomic mass is 10.0. The first-order valence-electron chi connectivity index (χ1n) is 36.0. The van der Waals surface area contributed by atoms with E-state index < -0.39 is 24.3 Å². The minimum Gasteiger partial charge on any atom is -0.545 e. The van der Waals surface area contributed by atoms with Crippen molar-refractivity contribution < 1.29 is 42.9 Å². The summed E-state index contributed by atoms with van der Waals surface area (Å²) < 4.78 is 22.7. The van der Waals surface area contributed by atoms with E-state index in [2.05, 4.69) is 123 Å². The molecule has 0 aromatic heterocycles. The number of nitrogens with zero attached hydrogens (tertiary/aromatic N) is 1. The number of hydrogen-bond acceptors (Lipinski definition) is 8. The number of likely N-dealkylation sites (N-methyl/N-ethyl adjacent to an activating group) is 1. The van der Waals surface area contributed by atoms with Crippen molar-refractivity contribution >= 4 is 17.9 Å². The van der Waals surface area contributed by atoms with Crippen LogP contribution < -0.4 is 5.11 Å². The van der Waals surface area contributed by atoms with E-state index in [-0.39, 0.29) is 38.6 Å². The summed E-state index contributed by atoms with van der Waals surface area (Å²) >= 11 is 0. The maximum absolute atomic E-state index is 12.9. The maximum atomic E-state index is 12.9. The third-order valence-corrected chi connectivity index (χ3v) is 15.5. The van der Waals surface area contributed by atoms with Crippen molar-refractivity contribution in [2.24, 2.45) is 0 Å². The van der Waals surface area contributed by atoms with E-state index >= 15 is 0 Å². The highest BCUT2D eigenvalue weighted by molar-refractivity contribution is 5.70. The van der Waals surface area contributed by atoms with E-state index in [4.69, 9.17) is 18.9 Å². The number of ether oxygens (including phenoxy) is 4. The summed E-state index contributed by atoms with van der Waals surface area (Å²) in [6.45, 7) is 4.60. The van der Waals surface area contributed by atoms with Crippen LogP contribution in [-0.2, 0) is 33.3 Å². The second-order valence-corrected chi connectivity index (χ2v) is 25.1. The number of carboxylic acid groups (broad SMARTS) is 1. The van der Waals surface area contributed by atoms with Crippen molar-refractivity contribution in [2.75, 3.05) is 47.5 Å². The van der Waals surface area contributed by atoms with Crippen LogP contribution in [-0.4, -0.2) is 82.3 Å². The lowest BCUT2D eigenvalue weighted by Gasteiger charge is -2.26. The molecule has 0 rings (SSSR count). The van der Waals surface area contributed by atoms with Crippen LogP contribution in [0.5, 0.6) is 0 Å². The first-order valence-corrected chi connectivity index (χ1v) is 36.0. The normalized spacial score (nSPS) is 13.3. The fourth-order valence-electron chi connectivity index (χ4n) is 10.0. The lowest BCUT2D eigenvalue weighted by Crippen LogP contribution is -2.44. The van der Waals surface area contributed by atoms with Gasteiger partial charge in [-0.25, -0.2) is 0 Å². The van der Waals surface area contributed by atoms with Crippen LogP contribution in [0.2, 0.25) is 0 Å². The van der Waals surface area contributed by atoms with E-state index in [0.717, 1.165) is 83.5 Å². The molecule has 0 aromatic rings. The summed E-state index contributed by atoms with van der Waals surface area (Å²) in [4.78, 5) is 37.5. The number of allylic oxidation sites excluding steroid dienone is 18. The summed E-state index contributed by atoms with van der Waals surface area (Å²) in [7, 11) is 5.91. The molecule has 0 heterocycles. The molecular weight excluding hydrogens is 1080 g/mol. The van der Waals surface area contributed by atoms with Crippen LogP contribution in [0.25, 0.3) is 0 Å². The molecule has 500 valence electrons. The molecule has 2 unspecified atom stereocenters. The molecule has 0 saturated heterocycles. The van der Waals surface area contributed by atoms with Gasteiger partial charge in [-0.2, -0.15) is 0 Å². The van der Waals surface area contributed by atoms with Gasteiger partial charge in [0.05, 0.1) is 40.3 Å². The smallest absolute Gasteiger partial charge is 0.306 e. The average Bonchev–Trinajstić information content (AvgIpc) is 3.56. The highest BCUT2D eigenvalue weighted by Crippen LogP contribution is 2.18. The number of rotatable bonds is 66. The van der Waals surface area contributed by atoms with E-state index in [1.807, 2.05) is 21.1 Å². The third-order valence-electron chi connectivity index (χ3n) is 15.5. The topological polar surface area (TPSA) is 111 Å². The van der Waals surface area contributed by atoms with Gasteiger partial charge in [-0.15, -0.1) is 0 Å². The zero-order valence-corrected chi connectivity index (χ0v) is 57.1. The maximum Gasteiger partial charge on any atom is 0.306 e. The Balaban J connectivity index is 4.13. The molecule has 0 aliphatic heterocycles. The fourth-order valence-corrected chi connectivity index (χ4v) is 10.0. The number of esters is 2. The van der Waals surface area contributed by atoms with Crippen LogP contribution in [0.1, 0.15) is 309 Å². The molecule has 9 heteroatoms. The molecule has 9 nitrogen and oxygen atoms in total. The predicted octanol–water partition coefficient (Wildman–Crippen LogP) is 21.2. The summed E-state index contributed by atoms with van der Waals surface area (Å²) in [5.41, 5.74) is 0. The number of carbonyl (C=O) groups is 3. The molecule has 0 N–H and O–H groups in total. The number of carbonyl (C=O) groups excluding carboxylic acids is 3. The molecule has 2 atom stereocenters. The molecule has 0 fully saturated rings. The molecule has 0 aromatic carbocycles. The third kappa shape index (κ3) is 69.3. The molecule has 0 amide bonds. The van der Waals surface area contributed by atoms with Crippen molar-refractivity contribution in [3.8, 4) is 0 Å². The quantitative estimate of drug-likeness (QED) is 0.0195. The van der Waals surface area contributed by atoms with E-state index in [1.54, 1.807) is 0 Å². The molecular formula is C78H135NO8. The Morgan fingerprint density at radius 3 is 1.01 bits per heavy atom. The minimum atomic E-state index is -1.64. The minimum absolute atomic E-state index is 0.135. The Morgan fingerprint density at radius 1 is 0.356 bits per heavy atom. The van der Waals surface area contributed by atoms with Gasteiger partial charge in [-0.1, -0.05) is 303 Å². The molecule has 0 spiro atoms. The first kappa shape index (κ1) is 83.0. The fraction of sp³-hybridized carbons (Fsp3) is 0.731. The van der Waals surface area contributed by atoms with Gasteiger partial charge in [0.2, 0.25) is 0 Å². The molecule has 0 saturated carbocycles. The van der Waals surface area contributed by atoms with Crippen molar-refractivity contribution in [3.05, 3.63) is 109 Å². The van der Waals surface area contributed by atoms with Crippen molar-refractivity contribution in [3.63, 3.8) is 0 Å². The van der Waals surface area contributed by atoms with Crippen LogP contribution in [0, 0.1) is 0 Å². The zero-order chi connectivity index (χ0) is 63.3. The standard InChI is InChI=1S/C78H135NO8/c1-6-8-10-12-14-16-18-20-22-24-26-28-30-32-34-35-36-37-38-39-40-41-43-44-46-48-50-52-54-56-58-60-62-64-66-68-75(80)85-72-74(73-86-78(77(82)83)84-71-70-79(3,4)5)87-76(81)69-67-65-63-61-59-57-55-53-51-49-47-45-42-33-31-29-27-25-23-21-19-17-15-13-11-9-7-2/h9,11,15,17,21,23-24,26-27,29,33,42,47,49,53,55,59,61,74,78H,6-8,10,12-14,16,18-20,22,25,28,30-32,34-41,43-46,48,50-52,54,56-58,60,62-73H2,1-5H3/b11-9-,17-15-,23-21-,26-24-,29-27-,42-33-,49-47-,55-53-,61-59-. The van der Waals surface area contributed by atoms with Crippen molar-refractivity contribution in [1.29, 1.82) is 0 Å². The predicted molar refractivity (Wildman–Crippen MR) is 370 cm³/mol. The first-order chi connectivity index (χ1) is 42.6. The van der Waals surface area contributed by atoms with E-state index in [0.29, 0.717) is 17.4 Å². The Morgan fingerprint density at radius 2 is 0.655 bits per heavy atom.